The van der Waals surface area contributed by atoms with Crippen LogP contribution in [0.4, 0.5) is 0 Å². The summed E-state index contributed by atoms with van der Waals surface area (Å²) in [6, 6.07) is -0.216. The summed E-state index contributed by atoms with van der Waals surface area (Å²) < 4.78 is 0. The van der Waals surface area contributed by atoms with Crippen molar-refractivity contribution in [3.8, 4) is 0 Å². The maximum absolute atomic E-state index is 11.6. The smallest absolute Gasteiger partial charge is 0.234 e. The van der Waals surface area contributed by atoms with Crippen molar-refractivity contribution in [2.45, 2.75) is 141 Å². The van der Waals surface area contributed by atoms with Crippen LogP contribution in [0.1, 0.15) is 135 Å². The van der Waals surface area contributed by atoms with E-state index in [1.807, 2.05) is 0 Å². The lowest BCUT2D eigenvalue weighted by Gasteiger charge is -2.15. The van der Waals surface area contributed by atoms with E-state index in [9.17, 15) is 4.79 Å². The van der Waals surface area contributed by atoms with Gasteiger partial charge in [-0.05, 0) is 71.4 Å². The Morgan fingerprint density at radius 1 is 0.571 bits per heavy atom. The zero-order valence-corrected chi connectivity index (χ0v) is 23.5. The van der Waals surface area contributed by atoms with Crippen molar-refractivity contribution in [1.29, 1.82) is 0 Å². The first-order valence-corrected chi connectivity index (χ1v) is 15.4. The monoisotopic (exact) mass is 498 g/mol. The van der Waals surface area contributed by atoms with E-state index >= 15 is 0 Å². The van der Waals surface area contributed by atoms with Crippen LogP contribution in [0.15, 0.2) is 0 Å². The highest BCUT2D eigenvalue weighted by Crippen LogP contribution is 2.13. The largest absolute Gasteiger partial charge is 0.368 e. The lowest BCUT2D eigenvalue weighted by molar-refractivity contribution is -0.120. The van der Waals surface area contributed by atoms with Gasteiger partial charge in [0.2, 0.25) is 5.91 Å². The lowest BCUT2D eigenvalue weighted by atomic mass is 10.0. The summed E-state index contributed by atoms with van der Waals surface area (Å²) in [6.45, 7) is 7.79. The second kappa shape index (κ2) is 29.5. The summed E-state index contributed by atoms with van der Waals surface area (Å²) in [5, 5.41) is 10.2. The Balaban J connectivity index is 3.28. The summed E-state index contributed by atoms with van der Waals surface area (Å²) >= 11 is 0. The van der Waals surface area contributed by atoms with E-state index in [4.69, 9.17) is 11.5 Å². The van der Waals surface area contributed by atoms with Gasteiger partial charge < -0.3 is 27.4 Å². The number of hydrogen-bond acceptors (Lipinski definition) is 5. The van der Waals surface area contributed by atoms with Crippen LogP contribution in [-0.2, 0) is 4.79 Å². The molecule has 7 N–H and O–H groups in total. The molecule has 1 unspecified atom stereocenters. The molecule has 35 heavy (non-hydrogen) atoms. The average Bonchev–Trinajstić information content (AvgIpc) is 2.85. The zero-order chi connectivity index (χ0) is 25.7. The number of nitrogens with two attached hydrogens (primary N) is 2. The van der Waals surface area contributed by atoms with Crippen molar-refractivity contribution < 1.29 is 4.79 Å². The van der Waals surface area contributed by atoms with E-state index in [0.717, 1.165) is 58.4 Å². The van der Waals surface area contributed by atoms with Crippen LogP contribution >= 0.6 is 0 Å². The number of carbonyl (C=O) groups excluding carboxylic acids is 1. The molecule has 0 saturated carbocycles. The van der Waals surface area contributed by atoms with Crippen molar-refractivity contribution >= 4 is 5.91 Å². The Morgan fingerprint density at radius 3 is 1.49 bits per heavy atom. The predicted octanol–water partition coefficient (Wildman–Crippen LogP) is 5.39. The molecule has 0 spiro atoms. The van der Waals surface area contributed by atoms with Gasteiger partial charge in [0, 0.05) is 0 Å². The minimum Gasteiger partial charge on any atom is -0.368 e. The summed E-state index contributed by atoms with van der Waals surface area (Å²) in [7, 11) is 0. The normalized spacial score (nSPS) is 12.3. The molecule has 0 aromatic carbocycles. The third-order valence-corrected chi connectivity index (χ3v) is 6.88. The molecule has 210 valence electrons. The van der Waals surface area contributed by atoms with Gasteiger partial charge in [-0.25, -0.2) is 0 Å². The molecule has 6 heteroatoms. The SMILES string of the molecule is CCCCCCCCCCCCCCCCCCNCCCNC(CCCNCCCN)C(N)=O. The average molecular weight is 498 g/mol. The first kappa shape index (κ1) is 34.3. The van der Waals surface area contributed by atoms with Crippen molar-refractivity contribution in [2.75, 3.05) is 39.3 Å². The highest BCUT2D eigenvalue weighted by molar-refractivity contribution is 5.79. The van der Waals surface area contributed by atoms with Crippen molar-refractivity contribution in [3.63, 3.8) is 0 Å². The molecule has 0 bridgehead atoms. The van der Waals surface area contributed by atoms with Crippen LogP contribution in [0.2, 0.25) is 0 Å². The van der Waals surface area contributed by atoms with E-state index in [2.05, 4.69) is 22.9 Å². The molecule has 0 heterocycles. The quantitative estimate of drug-likeness (QED) is 0.0856. The molecule has 1 amide bonds. The molecule has 0 fully saturated rings. The fraction of sp³-hybridized carbons (Fsp3) is 0.966. The zero-order valence-electron chi connectivity index (χ0n) is 23.5. The van der Waals surface area contributed by atoms with E-state index in [1.54, 1.807) is 0 Å². The first-order chi connectivity index (χ1) is 17.2. The summed E-state index contributed by atoms with van der Waals surface area (Å²) in [6.07, 6.45) is 26.3. The maximum atomic E-state index is 11.6. The highest BCUT2D eigenvalue weighted by atomic mass is 16.1. The van der Waals surface area contributed by atoms with Gasteiger partial charge in [0.15, 0.2) is 0 Å². The van der Waals surface area contributed by atoms with Crippen LogP contribution in [0.3, 0.4) is 0 Å². The molecule has 0 rings (SSSR count). The number of hydrogen-bond donors (Lipinski definition) is 5. The van der Waals surface area contributed by atoms with Gasteiger partial charge in [0.25, 0.3) is 0 Å². The van der Waals surface area contributed by atoms with E-state index in [0.29, 0.717) is 6.54 Å². The summed E-state index contributed by atoms with van der Waals surface area (Å²) in [4.78, 5) is 11.6. The van der Waals surface area contributed by atoms with Crippen LogP contribution in [0.5, 0.6) is 0 Å². The molecule has 0 saturated heterocycles. The van der Waals surface area contributed by atoms with Gasteiger partial charge in [-0.2, -0.15) is 0 Å². The van der Waals surface area contributed by atoms with Crippen LogP contribution < -0.4 is 27.4 Å². The minimum atomic E-state index is -0.243. The third-order valence-electron chi connectivity index (χ3n) is 6.88. The van der Waals surface area contributed by atoms with Gasteiger partial charge in [-0.3, -0.25) is 4.79 Å². The molecule has 6 nitrogen and oxygen atoms in total. The first-order valence-electron chi connectivity index (χ1n) is 15.4. The number of nitrogens with one attached hydrogen (secondary N) is 3. The number of primary amides is 1. The molecule has 1 atom stereocenters. The van der Waals surface area contributed by atoms with Crippen molar-refractivity contribution in [1.82, 2.24) is 16.0 Å². The standard InChI is InChI=1S/C29H63N5O/c1-2-3-4-5-6-7-8-9-10-11-12-13-14-15-16-17-23-32-26-20-27-34-28(29(31)35)21-18-24-33-25-19-22-30/h28,32-34H,2-27,30H2,1H3,(H2,31,35). The summed E-state index contributed by atoms with van der Waals surface area (Å²) in [5.41, 5.74) is 11.0. The number of carbonyl (C=O) groups is 1. The van der Waals surface area contributed by atoms with E-state index in [1.165, 1.54) is 103 Å². The Kier molecular flexibility index (Phi) is 29.0. The van der Waals surface area contributed by atoms with Crippen molar-refractivity contribution in [2.24, 2.45) is 11.5 Å². The van der Waals surface area contributed by atoms with Gasteiger partial charge >= 0.3 is 0 Å². The van der Waals surface area contributed by atoms with Crippen LogP contribution in [-0.4, -0.2) is 51.2 Å². The van der Waals surface area contributed by atoms with Crippen LogP contribution in [0, 0.1) is 0 Å². The van der Waals surface area contributed by atoms with Gasteiger partial charge in [0.1, 0.15) is 0 Å². The molecule has 0 aliphatic carbocycles. The lowest BCUT2D eigenvalue weighted by Crippen LogP contribution is -2.42. The fourth-order valence-electron chi connectivity index (χ4n) is 4.54. The predicted molar refractivity (Wildman–Crippen MR) is 154 cm³/mol. The Bertz CT molecular complexity index is 422. The topological polar surface area (TPSA) is 105 Å². The number of unbranched alkanes of at least 4 members (excludes halogenated alkanes) is 15. The number of rotatable bonds is 30. The molecule has 0 aliphatic rings. The van der Waals surface area contributed by atoms with Gasteiger partial charge in [0.05, 0.1) is 6.04 Å². The molecule has 0 aromatic rings. The maximum Gasteiger partial charge on any atom is 0.234 e. The Morgan fingerprint density at radius 2 is 1.00 bits per heavy atom. The van der Waals surface area contributed by atoms with E-state index in [-0.39, 0.29) is 11.9 Å². The molecule has 0 radical (unpaired) electrons. The molecular weight excluding hydrogens is 434 g/mol. The van der Waals surface area contributed by atoms with Crippen molar-refractivity contribution in [3.05, 3.63) is 0 Å². The Hall–Kier alpha value is -0.690. The molecule has 0 aromatic heterocycles. The Labute approximate surface area is 218 Å². The second-order valence-electron chi connectivity index (χ2n) is 10.4. The third kappa shape index (κ3) is 27.7. The van der Waals surface area contributed by atoms with Crippen LogP contribution in [0.25, 0.3) is 0 Å². The fourth-order valence-corrected chi connectivity index (χ4v) is 4.54. The van der Waals surface area contributed by atoms with Gasteiger partial charge in [-0.15, -0.1) is 0 Å². The van der Waals surface area contributed by atoms with E-state index < -0.39 is 0 Å². The number of amides is 1. The van der Waals surface area contributed by atoms with Gasteiger partial charge in [-0.1, -0.05) is 103 Å². The minimum absolute atomic E-state index is 0.216. The highest BCUT2D eigenvalue weighted by Gasteiger charge is 2.13. The molecular formula is C29H63N5O. The summed E-state index contributed by atoms with van der Waals surface area (Å²) in [5.74, 6) is -0.243. The second-order valence-corrected chi connectivity index (χ2v) is 10.4. The molecule has 0 aliphatic heterocycles.